The van der Waals surface area contributed by atoms with Crippen LogP contribution in [0.4, 0.5) is 16.2 Å². The minimum absolute atomic E-state index is 0.520. The number of hydrogen-bond donors (Lipinski definition) is 1. The highest BCUT2D eigenvalue weighted by molar-refractivity contribution is 5.98. The first-order valence-corrected chi connectivity index (χ1v) is 4.90. The molecule has 0 aliphatic heterocycles. The third kappa shape index (κ3) is 2.03. The molecule has 0 aromatic heterocycles. The fourth-order valence-electron chi connectivity index (χ4n) is 1.49. The molecule has 3 heteroatoms. The minimum atomic E-state index is -0.520. The van der Waals surface area contributed by atoms with E-state index in [-0.39, 0.29) is 0 Å². The van der Waals surface area contributed by atoms with E-state index in [1.54, 1.807) is 12.1 Å². The molecule has 1 radical (unpaired) electrons. The van der Waals surface area contributed by atoms with Gasteiger partial charge >= 0.3 is 6.03 Å². The van der Waals surface area contributed by atoms with Gasteiger partial charge in [0.25, 0.3) is 0 Å². The van der Waals surface area contributed by atoms with E-state index in [0.29, 0.717) is 5.69 Å². The first kappa shape index (κ1) is 10.2. The van der Waals surface area contributed by atoms with Crippen molar-refractivity contribution < 1.29 is 4.79 Å². The smallest absolute Gasteiger partial charge is 0.323 e. The molecule has 0 saturated carbocycles. The molecule has 0 unspecified atom stereocenters. The molecule has 79 valence electrons. The second kappa shape index (κ2) is 4.49. The molecular weight excluding hydrogens is 200 g/mol. The number of nitrogens with two attached hydrogens (primary N) is 1. The van der Waals surface area contributed by atoms with Crippen LogP contribution in [0.5, 0.6) is 0 Å². The van der Waals surface area contributed by atoms with Crippen molar-refractivity contribution in [3.8, 4) is 0 Å². The number of primary amides is 1. The Morgan fingerprint density at radius 1 is 1.06 bits per heavy atom. The van der Waals surface area contributed by atoms with Crippen LogP contribution in [0.1, 0.15) is 0 Å². The Morgan fingerprint density at radius 3 is 2.31 bits per heavy atom. The van der Waals surface area contributed by atoms with Crippen molar-refractivity contribution in [2.75, 3.05) is 4.90 Å². The zero-order valence-corrected chi connectivity index (χ0v) is 8.63. The van der Waals surface area contributed by atoms with Crippen LogP contribution in [0.15, 0.2) is 54.6 Å². The highest BCUT2D eigenvalue weighted by Crippen LogP contribution is 2.23. The molecule has 2 amide bonds. The number of hydrogen-bond acceptors (Lipinski definition) is 1. The maximum absolute atomic E-state index is 11.4. The van der Waals surface area contributed by atoms with Crippen molar-refractivity contribution >= 4 is 17.4 Å². The second-order valence-corrected chi connectivity index (χ2v) is 3.26. The molecule has 0 spiro atoms. The van der Waals surface area contributed by atoms with Crippen LogP contribution >= 0.6 is 0 Å². The zero-order valence-electron chi connectivity index (χ0n) is 8.63. The molecule has 0 saturated heterocycles. The summed E-state index contributed by atoms with van der Waals surface area (Å²) in [5, 5.41) is 0. The summed E-state index contributed by atoms with van der Waals surface area (Å²) in [6, 6.07) is 18.9. The van der Waals surface area contributed by atoms with Crippen molar-refractivity contribution in [2.45, 2.75) is 0 Å². The molecular formula is C13H11N2O. The zero-order chi connectivity index (χ0) is 11.4. The third-order valence-corrected chi connectivity index (χ3v) is 2.17. The van der Waals surface area contributed by atoms with Gasteiger partial charge in [0.2, 0.25) is 0 Å². The third-order valence-electron chi connectivity index (χ3n) is 2.17. The number of urea groups is 1. The highest BCUT2D eigenvalue weighted by Gasteiger charge is 2.13. The predicted molar refractivity (Wildman–Crippen MR) is 63.4 cm³/mol. The van der Waals surface area contributed by atoms with Crippen LogP contribution in [0.2, 0.25) is 0 Å². The Hall–Kier alpha value is -2.29. The molecule has 0 aliphatic rings. The standard InChI is InChI=1S/C13H11N2O/c14-13(16)15(11-7-3-1-4-8-11)12-9-5-2-6-10-12/h1-9H,(H2,14,16). The molecule has 2 aromatic rings. The van der Waals surface area contributed by atoms with Gasteiger partial charge in [0.05, 0.1) is 11.4 Å². The van der Waals surface area contributed by atoms with Gasteiger partial charge in [0.1, 0.15) is 0 Å². The molecule has 2 aromatic carbocycles. The van der Waals surface area contributed by atoms with Gasteiger partial charge in [-0.3, -0.25) is 4.90 Å². The first-order valence-electron chi connectivity index (χ1n) is 4.90. The molecule has 2 rings (SSSR count). The molecule has 0 heterocycles. The first-order chi connectivity index (χ1) is 7.79. The number of nitrogens with zero attached hydrogens (tertiary/aromatic N) is 1. The van der Waals surface area contributed by atoms with Crippen LogP contribution < -0.4 is 10.6 Å². The average Bonchev–Trinajstić information content (AvgIpc) is 2.31. The van der Waals surface area contributed by atoms with E-state index < -0.39 is 6.03 Å². The van der Waals surface area contributed by atoms with E-state index in [2.05, 4.69) is 6.07 Å². The summed E-state index contributed by atoms with van der Waals surface area (Å²) < 4.78 is 0. The summed E-state index contributed by atoms with van der Waals surface area (Å²) in [5.74, 6) is 0. The molecule has 0 aliphatic carbocycles. The number of benzene rings is 2. The lowest BCUT2D eigenvalue weighted by Gasteiger charge is -2.19. The van der Waals surface area contributed by atoms with Crippen LogP contribution in [0.3, 0.4) is 0 Å². The predicted octanol–water partition coefficient (Wildman–Crippen LogP) is 2.70. The summed E-state index contributed by atoms with van der Waals surface area (Å²) in [7, 11) is 0. The van der Waals surface area contributed by atoms with Crippen molar-refractivity contribution in [2.24, 2.45) is 5.73 Å². The summed E-state index contributed by atoms with van der Waals surface area (Å²) in [5.41, 5.74) is 6.74. The van der Waals surface area contributed by atoms with Gasteiger partial charge in [0, 0.05) is 6.07 Å². The lowest BCUT2D eigenvalue weighted by atomic mass is 10.2. The Bertz CT molecular complexity index is 428. The quantitative estimate of drug-likeness (QED) is 0.815. The van der Waals surface area contributed by atoms with E-state index in [4.69, 9.17) is 5.73 Å². The van der Waals surface area contributed by atoms with Gasteiger partial charge in [0.15, 0.2) is 0 Å². The van der Waals surface area contributed by atoms with E-state index in [1.165, 1.54) is 4.90 Å². The average molecular weight is 211 g/mol. The maximum atomic E-state index is 11.4. The van der Waals surface area contributed by atoms with Gasteiger partial charge in [-0.2, -0.15) is 0 Å². The van der Waals surface area contributed by atoms with Crippen molar-refractivity contribution in [1.82, 2.24) is 0 Å². The number of rotatable bonds is 2. The molecule has 0 bridgehead atoms. The lowest BCUT2D eigenvalue weighted by molar-refractivity contribution is 0.256. The molecule has 3 nitrogen and oxygen atoms in total. The van der Waals surface area contributed by atoms with E-state index in [1.807, 2.05) is 42.5 Å². The Kier molecular flexibility index (Phi) is 2.87. The van der Waals surface area contributed by atoms with Crippen LogP contribution in [0, 0.1) is 6.07 Å². The Balaban J connectivity index is 2.44. The van der Waals surface area contributed by atoms with Crippen LogP contribution in [-0.4, -0.2) is 6.03 Å². The number of carbonyl (C=O) groups excluding carboxylic acids is 1. The largest absolute Gasteiger partial charge is 0.351 e. The van der Waals surface area contributed by atoms with Gasteiger partial charge in [-0.15, -0.1) is 0 Å². The van der Waals surface area contributed by atoms with Crippen molar-refractivity contribution in [1.29, 1.82) is 0 Å². The number of amides is 2. The van der Waals surface area contributed by atoms with E-state index in [9.17, 15) is 4.79 Å². The Morgan fingerprint density at radius 2 is 1.75 bits per heavy atom. The Labute approximate surface area is 94.1 Å². The summed E-state index contributed by atoms with van der Waals surface area (Å²) in [6.07, 6.45) is 0. The van der Waals surface area contributed by atoms with Crippen LogP contribution in [-0.2, 0) is 0 Å². The highest BCUT2D eigenvalue weighted by atomic mass is 16.2. The lowest BCUT2D eigenvalue weighted by Crippen LogP contribution is -2.31. The van der Waals surface area contributed by atoms with Gasteiger partial charge in [-0.1, -0.05) is 36.4 Å². The summed E-state index contributed by atoms with van der Waals surface area (Å²) in [4.78, 5) is 12.8. The van der Waals surface area contributed by atoms with Gasteiger partial charge < -0.3 is 5.73 Å². The number of anilines is 2. The normalized spacial score (nSPS) is 9.75. The fourth-order valence-corrected chi connectivity index (χ4v) is 1.49. The molecule has 2 N–H and O–H groups in total. The molecule has 0 fully saturated rings. The molecule has 16 heavy (non-hydrogen) atoms. The van der Waals surface area contributed by atoms with Crippen LogP contribution in [0.25, 0.3) is 0 Å². The fraction of sp³-hybridized carbons (Fsp3) is 0. The van der Waals surface area contributed by atoms with Crippen molar-refractivity contribution in [3.05, 3.63) is 60.7 Å². The number of para-hydroxylation sites is 2. The minimum Gasteiger partial charge on any atom is -0.351 e. The van der Waals surface area contributed by atoms with E-state index in [0.717, 1.165) is 5.69 Å². The molecule has 0 atom stereocenters. The topological polar surface area (TPSA) is 46.3 Å². The van der Waals surface area contributed by atoms with Crippen molar-refractivity contribution in [3.63, 3.8) is 0 Å². The summed E-state index contributed by atoms with van der Waals surface area (Å²) >= 11 is 0. The maximum Gasteiger partial charge on any atom is 0.323 e. The van der Waals surface area contributed by atoms with Gasteiger partial charge in [-0.05, 0) is 18.2 Å². The van der Waals surface area contributed by atoms with Gasteiger partial charge in [-0.25, -0.2) is 4.79 Å². The van der Waals surface area contributed by atoms with E-state index >= 15 is 0 Å². The monoisotopic (exact) mass is 211 g/mol. The second-order valence-electron chi connectivity index (χ2n) is 3.26. The summed E-state index contributed by atoms with van der Waals surface area (Å²) in [6.45, 7) is 0. The number of carbonyl (C=O) groups is 1. The SMILES string of the molecule is NC(=O)N(c1[c]cccc1)c1ccccc1.